The maximum absolute atomic E-state index is 12.5. The number of amides is 2. The molecule has 0 atom stereocenters. The minimum atomic E-state index is -0.522. The van der Waals surface area contributed by atoms with E-state index in [9.17, 15) is 19.7 Å². The van der Waals surface area contributed by atoms with Crippen molar-refractivity contribution in [3.8, 4) is 0 Å². The van der Waals surface area contributed by atoms with E-state index in [1.807, 2.05) is 6.92 Å². The fraction of sp³-hybridized carbons (Fsp3) is 0.333. The van der Waals surface area contributed by atoms with Gasteiger partial charge in [0.1, 0.15) is 17.7 Å². The lowest BCUT2D eigenvalue weighted by Gasteiger charge is -2.06. The fourth-order valence-corrected chi connectivity index (χ4v) is 2.74. The highest BCUT2D eigenvalue weighted by Gasteiger charge is 2.20. The molecule has 0 saturated heterocycles. The number of aryl methyl sites for hydroxylation is 3. The van der Waals surface area contributed by atoms with Crippen LogP contribution in [0.1, 0.15) is 35.3 Å². The van der Waals surface area contributed by atoms with Gasteiger partial charge in [-0.05, 0) is 26.0 Å². The number of nitrogens with zero attached hydrogens (tertiary/aromatic N) is 5. The van der Waals surface area contributed by atoms with Crippen LogP contribution in [0.3, 0.4) is 0 Å². The monoisotopic (exact) mass is 415 g/mol. The third-order valence-corrected chi connectivity index (χ3v) is 4.26. The number of carbonyl (C=O) groups is 2. The van der Waals surface area contributed by atoms with Gasteiger partial charge >= 0.3 is 5.69 Å². The van der Waals surface area contributed by atoms with Crippen molar-refractivity contribution in [2.75, 3.05) is 5.32 Å². The summed E-state index contributed by atoms with van der Waals surface area (Å²) >= 11 is 0. The number of furan rings is 1. The molecule has 0 fully saturated rings. The number of rotatable bonds is 9. The first-order chi connectivity index (χ1) is 14.4. The third kappa shape index (κ3) is 4.90. The highest BCUT2D eigenvalue weighted by atomic mass is 16.6. The van der Waals surface area contributed by atoms with Gasteiger partial charge < -0.3 is 15.1 Å². The van der Waals surface area contributed by atoms with E-state index >= 15 is 0 Å². The fourth-order valence-electron chi connectivity index (χ4n) is 2.74. The summed E-state index contributed by atoms with van der Waals surface area (Å²) in [7, 11) is 0. The number of hydrogen-bond acceptors (Lipinski definition) is 7. The molecule has 0 aliphatic rings. The molecule has 0 unspecified atom stereocenters. The van der Waals surface area contributed by atoms with Crippen LogP contribution >= 0.6 is 0 Å². The molecule has 2 amide bonds. The van der Waals surface area contributed by atoms with Gasteiger partial charge in [-0.1, -0.05) is 0 Å². The Hall–Kier alpha value is -3.96. The molecule has 12 heteroatoms. The summed E-state index contributed by atoms with van der Waals surface area (Å²) in [6, 6.07) is 3.45. The van der Waals surface area contributed by atoms with Gasteiger partial charge in [-0.15, -0.1) is 0 Å². The molecule has 3 heterocycles. The predicted molar refractivity (Wildman–Crippen MR) is 105 cm³/mol. The number of aromatic nitrogens is 4. The molecule has 0 aliphatic heterocycles. The van der Waals surface area contributed by atoms with Crippen molar-refractivity contribution in [3.63, 3.8) is 0 Å². The van der Waals surface area contributed by atoms with E-state index in [0.717, 1.165) is 0 Å². The zero-order valence-corrected chi connectivity index (χ0v) is 16.5. The van der Waals surface area contributed by atoms with Crippen LogP contribution in [0.25, 0.3) is 0 Å². The molecular weight excluding hydrogens is 394 g/mol. The van der Waals surface area contributed by atoms with Gasteiger partial charge in [0.25, 0.3) is 5.91 Å². The topological polar surface area (TPSA) is 150 Å². The van der Waals surface area contributed by atoms with Crippen molar-refractivity contribution in [3.05, 3.63) is 58.1 Å². The molecule has 0 bridgehead atoms. The van der Waals surface area contributed by atoms with Gasteiger partial charge in [-0.25, -0.2) is 0 Å². The molecule has 0 aliphatic carbocycles. The molecule has 3 rings (SSSR count). The SMILES string of the molecule is CCn1cc(NC(=O)CCn2cc([N+](=O)[O-])c(C)n2)c(C(=O)NCc2ccco2)n1. The molecule has 158 valence electrons. The van der Waals surface area contributed by atoms with Gasteiger partial charge in [0, 0.05) is 25.7 Å². The molecule has 3 aromatic heterocycles. The molecule has 2 N–H and O–H groups in total. The molecule has 3 aromatic rings. The number of carbonyl (C=O) groups excluding carboxylic acids is 2. The van der Waals surface area contributed by atoms with Gasteiger partial charge in [0.2, 0.25) is 5.91 Å². The van der Waals surface area contributed by atoms with Gasteiger partial charge in [-0.3, -0.25) is 29.1 Å². The largest absolute Gasteiger partial charge is 0.467 e. The summed E-state index contributed by atoms with van der Waals surface area (Å²) in [6.45, 7) is 4.25. The van der Waals surface area contributed by atoms with E-state index in [1.54, 1.807) is 18.3 Å². The molecule has 0 radical (unpaired) electrons. The van der Waals surface area contributed by atoms with Crippen LogP contribution < -0.4 is 10.6 Å². The second kappa shape index (κ2) is 9.03. The van der Waals surface area contributed by atoms with Crippen molar-refractivity contribution in [1.82, 2.24) is 24.9 Å². The van der Waals surface area contributed by atoms with E-state index in [-0.39, 0.29) is 48.2 Å². The second-order valence-corrected chi connectivity index (χ2v) is 6.43. The van der Waals surface area contributed by atoms with Crippen molar-refractivity contribution in [1.29, 1.82) is 0 Å². The summed E-state index contributed by atoms with van der Waals surface area (Å²) in [5.74, 6) is -0.235. The van der Waals surface area contributed by atoms with Gasteiger partial charge in [-0.2, -0.15) is 10.2 Å². The normalized spacial score (nSPS) is 10.7. The predicted octanol–water partition coefficient (Wildman–Crippen LogP) is 1.87. The average molecular weight is 415 g/mol. The van der Waals surface area contributed by atoms with E-state index in [0.29, 0.717) is 12.3 Å². The first-order valence-electron chi connectivity index (χ1n) is 9.23. The first-order valence-corrected chi connectivity index (χ1v) is 9.23. The van der Waals surface area contributed by atoms with Crippen LogP contribution in [0.15, 0.2) is 35.2 Å². The van der Waals surface area contributed by atoms with Crippen molar-refractivity contribution >= 4 is 23.2 Å². The Bertz CT molecular complexity index is 1050. The molecule has 12 nitrogen and oxygen atoms in total. The maximum Gasteiger partial charge on any atom is 0.309 e. The van der Waals surface area contributed by atoms with Crippen molar-refractivity contribution in [2.24, 2.45) is 0 Å². The van der Waals surface area contributed by atoms with Crippen molar-refractivity contribution < 1.29 is 18.9 Å². The molecule has 0 saturated carbocycles. The zero-order chi connectivity index (χ0) is 21.7. The zero-order valence-electron chi connectivity index (χ0n) is 16.5. The van der Waals surface area contributed by atoms with Crippen LogP contribution in [0, 0.1) is 17.0 Å². The highest BCUT2D eigenvalue weighted by Crippen LogP contribution is 2.17. The summed E-state index contributed by atoms with van der Waals surface area (Å²) < 4.78 is 8.07. The van der Waals surface area contributed by atoms with Gasteiger partial charge in [0.15, 0.2) is 5.69 Å². The standard InChI is InChI=1S/C18H21N7O5/c1-3-23-10-14(17(22-23)18(27)19-9-13-5-4-8-30-13)20-16(26)6-7-24-11-15(25(28)29)12(2)21-24/h4-5,8,10-11H,3,6-7,9H2,1-2H3,(H,19,27)(H,20,26). The Balaban J connectivity index is 1.62. The van der Waals surface area contributed by atoms with Crippen LogP contribution in [-0.2, 0) is 24.4 Å². The van der Waals surface area contributed by atoms with Crippen LogP contribution in [-0.4, -0.2) is 36.3 Å². The summed E-state index contributed by atoms with van der Waals surface area (Å²) in [5.41, 5.74) is 0.541. The average Bonchev–Trinajstić information content (AvgIpc) is 3.44. The van der Waals surface area contributed by atoms with Crippen LogP contribution in [0.4, 0.5) is 11.4 Å². The second-order valence-electron chi connectivity index (χ2n) is 6.43. The maximum atomic E-state index is 12.5. The Morgan fingerprint density at radius 2 is 2.07 bits per heavy atom. The lowest BCUT2D eigenvalue weighted by molar-refractivity contribution is -0.385. The lowest BCUT2D eigenvalue weighted by atomic mass is 10.3. The Morgan fingerprint density at radius 1 is 1.27 bits per heavy atom. The Labute approximate surface area is 171 Å². The van der Waals surface area contributed by atoms with Crippen LogP contribution in [0.5, 0.6) is 0 Å². The minimum absolute atomic E-state index is 0.0169. The summed E-state index contributed by atoms with van der Waals surface area (Å²) in [5, 5.41) is 24.5. The van der Waals surface area contributed by atoms with E-state index in [4.69, 9.17) is 4.42 Å². The van der Waals surface area contributed by atoms with Crippen molar-refractivity contribution in [2.45, 2.75) is 39.9 Å². The minimum Gasteiger partial charge on any atom is -0.467 e. The molecule has 0 spiro atoms. The lowest BCUT2D eigenvalue weighted by Crippen LogP contribution is -2.25. The molecule has 30 heavy (non-hydrogen) atoms. The third-order valence-electron chi connectivity index (χ3n) is 4.26. The number of hydrogen-bond donors (Lipinski definition) is 2. The highest BCUT2D eigenvalue weighted by molar-refractivity contribution is 6.02. The quantitative estimate of drug-likeness (QED) is 0.400. The smallest absolute Gasteiger partial charge is 0.309 e. The number of anilines is 1. The number of nitrogens with one attached hydrogen (secondary N) is 2. The van der Waals surface area contributed by atoms with E-state index < -0.39 is 10.8 Å². The van der Waals surface area contributed by atoms with Gasteiger partial charge in [0.05, 0.1) is 23.4 Å². The molecular formula is C18H21N7O5. The van der Waals surface area contributed by atoms with E-state index in [1.165, 1.54) is 28.7 Å². The number of nitro groups is 1. The Kier molecular flexibility index (Phi) is 6.25. The Morgan fingerprint density at radius 3 is 2.70 bits per heavy atom. The molecule has 0 aromatic carbocycles. The van der Waals surface area contributed by atoms with E-state index in [2.05, 4.69) is 20.8 Å². The summed E-state index contributed by atoms with van der Waals surface area (Å²) in [6.07, 6.45) is 4.38. The summed E-state index contributed by atoms with van der Waals surface area (Å²) in [4.78, 5) is 35.2. The van der Waals surface area contributed by atoms with Crippen LogP contribution in [0.2, 0.25) is 0 Å². The first kappa shape index (κ1) is 20.8.